The fraction of sp³-hybridized carbons (Fsp3) is 0.750. The van der Waals surface area contributed by atoms with Crippen molar-refractivity contribution in [3.05, 3.63) is 0 Å². The summed E-state index contributed by atoms with van der Waals surface area (Å²) in [5.74, 6) is -2.37. The minimum atomic E-state index is -1.49. The number of hydrogen-bond acceptors (Lipinski definition) is 2. The van der Waals surface area contributed by atoms with Crippen LogP contribution >= 0.6 is 0 Å². The summed E-state index contributed by atoms with van der Waals surface area (Å²) in [6.07, 6.45) is 2.91. The van der Waals surface area contributed by atoms with Crippen molar-refractivity contribution in [1.29, 1.82) is 0 Å². The number of aliphatic carboxylic acids is 2. The minimum Gasteiger partial charge on any atom is -0.480 e. The molecule has 0 aromatic rings. The van der Waals surface area contributed by atoms with Crippen LogP contribution in [0.25, 0.3) is 0 Å². The van der Waals surface area contributed by atoms with Crippen LogP contribution in [0.15, 0.2) is 0 Å². The molecule has 0 radical (unpaired) electrons. The predicted molar refractivity (Wildman–Crippen MR) is 40.8 cm³/mol. The van der Waals surface area contributed by atoms with E-state index in [1.807, 2.05) is 0 Å². The van der Waals surface area contributed by atoms with Gasteiger partial charge in [-0.05, 0) is 12.8 Å². The first-order chi connectivity index (χ1) is 5.59. The molecule has 2 N–H and O–H groups in total. The van der Waals surface area contributed by atoms with E-state index in [0.717, 1.165) is 6.42 Å². The first-order valence-electron chi connectivity index (χ1n) is 4.06. The summed E-state index contributed by atoms with van der Waals surface area (Å²) >= 11 is 0. The summed E-state index contributed by atoms with van der Waals surface area (Å²) in [4.78, 5) is 21.5. The molecule has 1 rings (SSSR count). The molecule has 1 aliphatic carbocycles. The number of carboxylic acid groups (broad SMARTS) is 2. The van der Waals surface area contributed by atoms with Crippen molar-refractivity contribution in [3.63, 3.8) is 0 Å². The Labute approximate surface area is 89.1 Å². The van der Waals surface area contributed by atoms with Crippen LogP contribution in [-0.4, -0.2) is 22.2 Å². The molecule has 13 heavy (non-hydrogen) atoms. The summed E-state index contributed by atoms with van der Waals surface area (Å²) in [6.45, 7) is 0. The zero-order valence-electron chi connectivity index (χ0n) is 7.45. The first kappa shape index (κ1) is 12.6. The quantitative estimate of drug-likeness (QED) is 0.557. The van der Waals surface area contributed by atoms with Crippen molar-refractivity contribution in [2.75, 3.05) is 0 Å². The van der Waals surface area contributed by atoms with E-state index in [2.05, 4.69) is 0 Å². The fourth-order valence-corrected chi connectivity index (χ4v) is 1.67. The molecule has 0 aliphatic heterocycles. The van der Waals surface area contributed by atoms with E-state index >= 15 is 0 Å². The number of hydrogen-bond donors (Lipinski definition) is 2. The molecule has 0 bridgehead atoms. The van der Waals surface area contributed by atoms with Crippen molar-refractivity contribution < 1.29 is 39.3 Å². The van der Waals surface area contributed by atoms with E-state index in [1.54, 1.807) is 0 Å². The maximum absolute atomic E-state index is 10.7. The average molecular weight is 238 g/mol. The van der Waals surface area contributed by atoms with Gasteiger partial charge in [-0.15, -0.1) is 0 Å². The Morgan fingerprint density at radius 1 is 0.923 bits per heavy atom. The second-order valence-corrected chi connectivity index (χ2v) is 3.25. The van der Waals surface area contributed by atoms with Crippen molar-refractivity contribution in [1.82, 2.24) is 0 Å². The Kier molecular flexibility index (Phi) is 4.55. The van der Waals surface area contributed by atoms with Gasteiger partial charge in [0.2, 0.25) is 0 Å². The minimum absolute atomic E-state index is 0. The Bertz CT molecular complexity index is 192. The second kappa shape index (κ2) is 4.70. The third kappa shape index (κ3) is 2.27. The van der Waals surface area contributed by atoms with Gasteiger partial charge in [-0.1, -0.05) is 19.3 Å². The molecule has 70 valence electrons. The molecule has 1 saturated carbocycles. The predicted octanol–water partition coefficient (Wildman–Crippen LogP) is 1.10. The zero-order chi connectivity index (χ0) is 9.19. The standard InChI is InChI=1S/C8H12O4.Zn/c9-6(10)8(7(11)12)4-2-1-3-5-8;/h1-5H2,(H,9,10)(H,11,12);. The van der Waals surface area contributed by atoms with Crippen LogP contribution in [0.4, 0.5) is 0 Å². The van der Waals surface area contributed by atoms with E-state index in [1.165, 1.54) is 0 Å². The first-order valence-corrected chi connectivity index (χ1v) is 4.06. The number of rotatable bonds is 2. The SMILES string of the molecule is O=C(O)C1(C(=O)O)CCCCC1.[Zn]. The van der Waals surface area contributed by atoms with Gasteiger partial charge < -0.3 is 10.2 Å². The van der Waals surface area contributed by atoms with E-state index < -0.39 is 17.4 Å². The molecule has 0 atom stereocenters. The van der Waals surface area contributed by atoms with E-state index in [0.29, 0.717) is 12.8 Å². The molecule has 5 heteroatoms. The normalized spacial score (nSPS) is 20.0. The summed E-state index contributed by atoms with van der Waals surface area (Å²) < 4.78 is 0. The Morgan fingerprint density at radius 3 is 1.54 bits per heavy atom. The monoisotopic (exact) mass is 236 g/mol. The largest absolute Gasteiger partial charge is 0.480 e. The summed E-state index contributed by atoms with van der Waals surface area (Å²) in [7, 11) is 0. The van der Waals surface area contributed by atoms with Gasteiger partial charge >= 0.3 is 11.9 Å². The van der Waals surface area contributed by atoms with Gasteiger partial charge in [0.15, 0.2) is 5.41 Å². The van der Waals surface area contributed by atoms with Crippen molar-refractivity contribution in [2.24, 2.45) is 5.41 Å². The molecule has 0 heterocycles. The van der Waals surface area contributed by atoms with E-state index in [-0.39, 0.29) is 32.3 Å². The second-order valence-electron chi connectivity index (χ2n) is 3.25. The van der Waals surface area contributed by atoms with Crippen molar-refractivity contribution in [3.8, 4) is 0 Å². The molecule has 0 amide bonds. The van der Waals surface area contributed by atoms with Crippen LogP contribution in [0.2, 0.25) is 0 Å². The summed E-state index contributed by atoms with van der Waals surface area (Å²) in [5, 5.41) is 17.6. The topological polar surface area (TPSA) is 74.6 Å². The van der Waals surface area contributed by atoms with Crippen LogP contribution in [0.1, 0.15) is 32.1 Å². The van der Waals surface area contributed by atoms with E-state index in [4.69, 9.17) is 10.2 Å². The third-order valence-electron chi connectivity index (χ3n) is 2.53. The molecule has 0 saturated heterocycles. The zero-order valence-corrected chi connectivity index (χ0v) is 10.4. The van der Waals surface area contributed by atoms with E-state index in [9.17, 15) is 9.59 Å². The Hall–Kier alpha value is -0.437. The van der Waals surface area contributed by atoms with Gasteiger partial charge in [0, 0.05) is 19.5 Å². The molecule has 0 aromatic heterocycles. The van der Waals surface area contributed by atoms with Gasteiger partial charge in [-0.2, -0.15) is 0 Å². The third-order valence-corrected chi connectivity index (χ3v) is 2.53. The van der Waals surface area contributed by atoms with Gasteiger partial charge in [0.05, 0.1) is 0 Å². The number of carboxylic acids is 2. The molecular formula is C8H12O4Zn. The van der Waals surface area contributed by atoms with Crippen LogP contribution < -0.4 is 0 Å². The molecular weight excluding hydrogens is 225 g/mol. The maximum Gasteiger partial charge on any atom is 0.321 e. The molecule has 0 aromatic carbocycles. The summed E-state index contributed by atoms with van der Waals surface area (Å²) in [6, 6.07) is 0. The van der Waals surface area contributed by atoms with Crippen LogP contribution in [-0.2, 0) is 29.1 Å². The smallest absolute Gasteiger partial charge is 0.321 e. The van der Waals surface area contributed by atoms with Gasteiger partial charge in [0.1, 0.15) is 0 Å². The Balaban J connectivity index is 0.00000144. The van der Waals surface area contributed by atoms with Gasteiger partial charge in [0.25, 0.3) is 0 Å². The maximum atomic E-state index is 10.7. The van der Waals surface area contributed by atoms with Gasteiger partial charge in [-0.25, -0.2) is 0 Å². The van der Waals surface area contributed by atoms with Crippen molar-refractivity contribution in [2.45, 2.75) is 32.1 Å². The molecule has 1 fully saturated rings. The van der Waals surface area contributed by atoms with Gasteiger partial charge in [-0.3, -0.25) is 9.59 Å². The van der Waals surface area contributed by atoms with Crippen LogP contribution in [0.5, 0.6) is 0 Å². The fourth-order valence-electron chi connectivity index (χ4n) is 1.67. The Morgan fingerprint density at radius 2 is 1.31 bits per heavy atom. The summed E-state index contributed by atoms with van der Waals surface area (Å²) in [5.41, 5.74) is -1.49. The molecule has 1 aliphatic rings. The van der Waals surface area contributed by atoms with Crippen LogP contribution in [0, 0.1) is 5.41 Å². The van der Waals surface area contributed by atoms with Crippen LogP contribution in [0.3, 0.4) is 0 Å². The molecule has 0 spiro atoms. The molecule has 4 nitrogen and oxygen atoms in total. The number of carbonyl (C=O) groups is 2. The molecule has 0 unspecified atom stereocenters. The van der Waals surface area contributed by atoms with Crippen molar-refractivity contribution >= 4 is 11.9 Å². The average Bonchev–Trinajstić information content (AvgIpc) is 2.05.